The van der Waals surface area contributed by atoms with Crippen LogP contribution in [0.3, 0.4) is 0 Å². The van der Waals surface area contributed by atoms with Crippen LogP contribution in [0.15, 0.2) is 55.0 Å². The van der Waals surface area contributed by atoms with Crippen LogP contribution in [0.2, 0.25) is 0 Å². The van der Waals surface area contributed by atoms with E-state index in [1.807, 2.05) is 79.4 Å². The molecule has 1 N–H and O–H groups in total. The minimum atomic E-state index is -0.0405. The molecule has 0 aromatic carbocycles. The van der Waals surface area contributed by atoms with E-state index >= 15 is 0 Å². The number of pyridine rings is 2. The number of anilines is 1. The maximum absolute atomic E-state index is 13.0. The summed E-state index contributed by atoms with van der Waals surface area (Å²) >= 11 is 0. The molecule has 8 nitrogen and oxygen atoms in total. The maximum Gasteiger partial charge on any atom is 0.270 e. The van der Waals surface area contributed by atoms with Crippen molar-refractivity contribution in [1.82, 2.24) is 29.6 Å². The Morgan fingerprint density at radius 1 is 1.20 bits per heavy atom. The number of aromatic nitrogens is 5. The zero-order valence-electron chi connectivity index (χ0n) is 17.4. The molecule has 0 aliphatic rings. The van der Waals surface area contributed by atoms with Gasteiger partial charge in [-0.2, -0.15) is 5.10 Å². The van der Waals surface area contributed by atoms with Crippen molar-refractivity contribution in [3.8, 4) is 11.3 Å². The molecule has 4 rings (SSSR count). The number of likely N-dealkylation sites (N-methyl/N-ethyl adjacent to an activating group) is 1. The minimum absolute atomic E-state index is 0.0405. The third-order valence-electron chi connectivity index (χ3n) is 5.04. The molecule has 8 heteroatoms. The zero-order valence-corrected chi connectivity index (χ0v) is 17.4. The Hall–Kier alpha value is -3.68. The van der Waals surface area contributed by atoms with Gasteiger partial charge in [-0.15, -0.1) is 0 Å². The topological polar surface area (TPSA) is 82.9 Å². The van der Waals surface area contributed by atoms with Crippen molar-refractivity contribution in [1.29, 1.82) is 0 Å². The van der Waals surface area contributed by atoms with Crippen molar-refractivity contribution >= 4 is 22.8 Å². The number of nitrogens with zero attached hydrogens (tertiary/aromatic N) is 6. The van der Waals surface area contributed by atoms with Crippen molar-refractivity contribution in [3.63, 3.8) is 0 Å². The molecule has 4 aromatic heterocycles. The lowest BCUT2D eigenvalue weighted by molar-refractivity contribution is 0.0752. The summed E-state index contributed by atoms with van der Waals surface area (Å²) in [5.74, 6) is 0.851. The van der Waals surface area contributed by atoms with Crippen LogP contribution in [0.1, 0.15) is 17.4 Å². The van der Waals surface area contributed by atoms with E-state index in [-0.39, 0.29) is 5.91 Å². The number of nitrogens with one attached hydrogen (secondary N) is 1. The smallest absolute Gasteiger partial charge is 0.270 e. The number of H-pyrrole nitrogens is 1. The van der Waals surface area contributed by atoms with E-state index < -0.39 is 0 Å². The second-order valence-electron chi connectivity index (χ2n) is 7.27. The van der Waals surface area contributed by atoms with Crippen LogP contribution >= 0.6 is 0 Å². The fourth-order valence-electron chi connectivity index (χ4n) is 3.31. The van der Waals surface area contributed by atoms with Crippen LogP contribution in [-0.2, 0) is 6.54 Å². The first kappa shape index (κ1) is 19.6. The van der Waals surface area contributed by atoms with Gasteiger partial charge in [-0.25, -0.2) is 9.97 Å². The van der Waals surface area contributed by atoms with Crippen LogP contribution in [-0.4, -0.2) is 62.7 Å². The van der Waals surface area contributed by atoms with E-state index in [1.165, 1.54) is 0 Å². The quantitative estimate of drug-likeness (QED) is 0.513. The van der Waals surface area contributed by atoms with Gasteiger partial charge in [0.05, 0.1) is 12.2 Å². The summed E-state index contributed by atoms with van der Waals surface area (Å²) in [6.07, 6.45) is 5.45. The largest absolute Gasteiger partial charge is 0.363 e. The Morgan fingerprint density at radius 2 is 2.07 bits per heavy atom. The molecule has 0 saturated carbocycles. The summed E-state index contributed by atoms with van der Waals surface area (Å²) in [6.45, 7) is 3.85. The summed E-state index contributed by atoms with van der Waals surface area (Å²) in [7, 11) is 3.91. The number of carbonyl (C=O) groups excluding carboxylic acids is 1. The summed E-state index contributed by atoms with van der Waals surface area (Å²) in [5.41, 5.74) is 2.97. The van der Waals surface area contributed by atoms with Gasteiger partial charge in [0.15, 0.2) is 0 Å². The van der Waals surface area contributed by atoms with Gasteiger partial charge in [0.2, 0.25) is 0 Å². The Morgan fingerprint density at radius 3 is 2.73 bits per heavy atom. The molecule has 0 unspecified atom stereocenters. The Labute approximate surface area is 175 Å². The number of aromatic amines is 1. The van der Waals surface area contributed by atoms with E-state index in [2.05, 4.69) is 15.1 Å². The number of amides is 1. The van der Waals surface area contributed by atoms with Crippen molar-refractivity contribution in [2.75, 3.05) is 32.1 Å². The molecule has 0 spiro atoms. The normalized spacial score (nSPS) is 11.0. The van der Waals surface area contributed by atoms with Crippen LogP contribution < -0.4 is 4.90 Å². The van der Waals surface area contributed by atoms with E-state index in [1.54, 1.807) is 11.1 Å². The van der Waals surface area contributed by atoms with Gasteiger partial charge < -0.3 is 14.8 Å². The fraction of sp³-hybridized carbons (Fsp3) is 0.273. The van der Waals surface area contributed by atoms with Crippen molar-refractivity contribution < 1.29 is 4.79 Å². The van der Waals surface area contributed by atoms with Gasteiger partial charge in [-0.05, 0) is 43.3 Å². The van der Waals surface area contributed by atoms with Crippen molar-refractivity contribution in [2.24, 2.45) is 0 Å². The summed E-state index contributed by atoms with van der Waals surface area (Å²) in [4.78, 5) is 29.1. The molecular weight excluding hydrogens is 378 g/mol. The summed E-state index contributed by atoms with van der Waals surface area (Å²) < 4.78 is 1.82. The minimum Gasteiger partial charge on any atom is -0.363 e. The molecule has 1 amide bonds. The molecular formula is C22H25N7O. The highest BCUT2D eigenvalue weighted by Gasteiger charge is 2.17. The molecule has 0 radical (unpaired) electrons. The van der Waals surface area contributed by atoms with E-state index in [0.29, 0.717) is 31.0 Å². The number of fused-ring (bicyclic) bond motifs is 1. The van der Waals surface area contributed by atoms with E-state index in [0.717, 1.165) is 22.5 Å². The molecule has 0 saturated heterocycles. The molecule has 0 fully saturated rings. The van der Waals surface area contributed by atoms with Gasteiger partial charge in [-0.3, -0.25) is 9.48 Å². The van der Waals surface area contributed by atoms with Gasteiger partial charge in [0, 0.05) is 56.7 Å². The Kier molecular flexibility index (Phi) is 5.47. The predicted molar refractivity (Wildman–Crippen MR) is 117 cm³/mol. The fourth-order valence-corrected chi connectivity index (χ4v) is 3.31. The second-order valence-corrected chi connectivity index (χ2v) is 7.27. The highest BCUT2D eigenvalue weighted by atomic mass is 16.2. The lowest BCUT2D eigenvalue weighted by atomic mass is 10.2. The predicted octanol–water partition coefficient (Wildman–Crippen LogP) is 3.05. The SMILES string of the molecule is CCN(CCn1cccn1)C(=O)c1cc2ccc(-c3ccc(N(C)C)nc3)nc2[nH]1. The first-order chi connectivity index (χ1) is 14.5. The first-order valence-corrected chi connectivity index (χ1v) is 9.95. The molecule has 154 valence electrons. The highest BCUT2D eigenvalue weighted by Crippen LogP contribution is 2.22. The van der Waals surface area contributed by atoms with E-state index in [4.69, 9.17) is 4.98 Å². The standard InChI is InChI=1S/C22H25N7O/c1-4-28(12-13-29-11-5-10-24-29)22(30)19-14-16-6-8-18(25-21(16)26-19)17-7-9-20(23-15-17)27(2)3/h5-11,14-15H,4,12-13H2,1-3H3,(H,25,26). The van der Waals surface area contributed by atoms with Crippen LogP contribution in [0.4, 0.5) is 5.82 Å². The third-order valence-corrected chi connectivity index (χ3v) is 5.04. The summed E-state index contributed by atoms with van der Waals surface area (Å²) in [6, 6.07) is 11.6. The Bertz CT molecular complexity index is 1130. The van der Waals surface area contributed by atoms with Crippen molar-refractivity contribution in [2.45, 2.75) is 13.5 Å². The number of carbonyl (C=O) groups is 1. The molecule has 30 heavy (non-hydrogen) atoms. The van der Waals surface area contributed by atoms with Crippen molar-refractivity contribution in [3.05, 3.63) is 60.7 Å². The van der Waals surface area contributed by atoms with Gasteiger partial charge in [0.25, 0.3) is 5.91 Å². The average Bonchev–Trinajstić information content (AvgIpc) is 3.43. The molecule has 0 aliphatic carbocycles. The van der Waals surface area contributed by atoms with Crippen LogP contribution in [0.5, 0.6) is 0 Å². The van der Waals surface area contributed by atoms with Crippen LogP contribution in [0.25, 0.3) is 22.3 Å². The summed E-state index contributed by atoms with van der Waals surface area (Å²) in [5, 5.41) is 5.10. The lowest BCUT2D eigenvalue weighted by Crippen LogP contribution is -2.34. The monoisotopic (exact) mass is 403 g/mol. The number of hydrogen-bond donors (Lipinski definition) is 1. The number of rotatable bonds is 7. The number of hydrogen-bond acceptors (Lipinski definition) is 5. The second kappa shape index (κ2) is 8.36. The average molecular weight is 403 g/mol. The van der Waals surface area contributed by atoms with Gasteiger partial charge in [-0.1, -0.05) is 0 Å². The van der Waals surface area contributed by atoms with E-state index in [9.17, 15) is 4.79 Å². The van der Waals surface area contributed by atoms with Gasteiger partial charge in [0.1, 0.15) is 17.2 Å². The maximum atomic E-state index is 13.0. The van der Waals surface area contributed by atoms with Gasteiger partial charge >= 0.3 is 0 Å². The zero-order chi connectivity index (χ0) is 21.1. The highest BCUT2D eigenvalue weighted by molar-refractivity contribution is 5.97. The van der Waals surface area contributed by atoms with Crippen LogP contribution in [0, 0.1) is 0 Å². The molecule has 0 aliphatic heterocycles. The third kappa shape index (κ3) is 4.03. The molecule has 0 bridgehead atoms. The molecule has 4 aromatic rings. The molecule has 0 atom stereocenters. The molecule has 4 heterocycles. The Balaban J connectivity index is 1.54. The lowest BCUT2D eigenvalue weighted by Gasteiger charge is -2.20. The first-order valence-electron chi connectivity index (χ1n) is 9.95.